The molecular formula is C22H33N3O5S. The number of hydrogen-bond acceptors (Lipinski definition) is 6. The first-order valence-electron chi connectivity index (χ1n) is 10.3. The molecule has 3 atom stereocenters. The summed E-state index contributed by atoms with van der Waals surface area (Å²) in [6.45, 7) is 3.87. The first-order valence-corrected chi connectivity index (χ1v) is 10.8. The van der Waals surface area contributed by atoms with E-state index < -0.39 is 35.1 Å². The molecule has 0 saturated heterocycles. The van der Waals surface area contributed by atoms with Gasteiger partial charge in [0.25, 0.3) is 0 Å². The van der Waals surface area contributed by atoms with Crippen LogP contribution in [0.2, 0.25) is 0 Å². The van der Waals surface area contributed by atoms with E-state index in [-0.39, 0.29) is 24.7 Å². The second kappa shape index (κ2) is 13.7. The molecule has 31 heavy (non-hydrogen) atoms. The van der Waals surface area contributed by atoms with Crippen LogP contribution in [-0.4, -0.2) is 55.2 Å². The number of nitrogens with one attached hydrogen (secondary N) is 3. The monoisotopic (exact) mass is 451 g/mol. The number of ether oxygens (including phenoxy) is 1. The highest BCUT2D eigenvalue weighted by Crippen LogP contribution is 2.11. The van der Waals surface area contributed by atoms with Crippen LogP contribution in [0, 0.1) is 5.92 Å². The summed E-state index contributed by atoms with van der Waals surface area (Å²) in [6.07, 6.45) is 0.950. The minimum atomic E-state index is -0.830. The first-order chi connectivity index (χ1) is 14.7. The summed E-state index contributed by atoms with van der Waals surface area (Å²) in [5, 5.41) is 7.27. The van der Waals surface area contributed by atoms with E-state index in [4.69, 9.17) is 0 Å². The molecule has 0 heterocycles. The third-order valence-corrected chi connectivity index (χ3v) is 5.15. The average molecular weight is 452 g/mol. The Hall–Kier alpha value is -2.55. The molecule has 3 amide bonds. The van der Waals surface area contributed by atoms with Crippen molar-refractivity contribution in [2.45, 2.75) is 56.9 Å². The minimum absolute atomic E-state index is 0.0505. The predicted molar refractivity (Wildman–Crippen MR) is 122 cm³/mol. The number of rotatable bonds is 12. The highest BCUT2D eigenvalue weighted by molar-refractivity contribution is 7.81. The van der Waals surface area contributed by atoms with E-state index >= 15 is 0 Å². The molecule has 0 aliphatic carbocycles. The number of amides is 3. The number of carbonyl (C=O) groups is 4. The van der Waals surface area contributed by atoms with Crippen LogP contribution in [-0.2, 0) is 30.3 Å². The summed E-state index contributed by atoms with van der Waals surface area (Å²) in [5.41, 5.74) is 0.902. The molecule has 8 nitrogen and oxygen atoms in total. The quantitative estimate of drug-likeness (QED) is 0.282. The number of methoxy groups -OCH3 is 1. The lowest BCUT2D eigenvalue weighted by Crippen LogP contribution is -2.55. The van der Waals surface area contributed by atoms with Gasteiger partial charge in [0.1, 0.15) is 12.1 Å². The Morgan fingerprint density at radius 2 is 1.58 bits per heavy atom. The van der Waals surface area contributed by atoms with Crippen LogP contribution in [0.1, 0.15) is 38.7 Å². The van der Waals surface area contributed by atoms with E-state index in [2.05, 4.69) is 33.3 Å². The highest BCUT2D eigenvalue weighted by atomic mass is 32.1. The summed E-state index contributed by atoms with van der Waals surface area (Å²) >= 11 is 4.24. The molecule has 0 fully saturated rings. The zero-order valence-electron chi connectivity index (χ0n) is 18.5. The zero-order chi connectivity index (χ0) is 23.4. The topological polar surface area (TPSA) is 114 Å². The Kier molecular flexibility index (Phi) is 11.7. The Morgan fingerprint density at radius 1 is 0.968 bits per heavy atom. The molecule has 0 aromatic heterocycles. The van der Waals surface area contributed by atoms with Crippen LogP contribution < -0.4 is 16.0 Å². The van der Waals surface area contributed by atoms with Gasteiger partial charge in [0.2, 0.25) is 17.7 Å². The SMILES string of the molecule is CNC(=O)[C@H](Cc1ccccc1)NC(=O)C(CC(C)C)NC(=O)C(S)CCC(=O)OC. The van der Waals surface area contributed by atoms with Crippen LogP contribution in [0.15, 0.2) is 30.3 Å². The van der Waals surface area contributed by atoms with Gasteiger partial charge in [0.15, 0.2) is 0 Å². The van der Waals surface area contributed by atoms with Crippen molar-refractivity contribution in [3.63, 3.8) is 0 Å². The molecule has 0 radical (unpaired) electrons. The smallest absolute Gasteiger partial charge is 0.305 e. The molecule has 0 aliphatic heterocycles. The first kappa shape index (κ1) is 26.5. The maximum absolute atomic E-state index is 13.0. The van der Waals surface area contributed by atoms with Gasteiger partial charge in [-0.3, -0.25) is 19.2 Å². The van der Waals surface area contributed by atoms with Crippen molar-refractivity contribution >= 4 is 36.3 Å². The van der Waals surface area contributed by atoms with Crippen LogP contribution in [0.3, 0.4) is 0 Å². The number of esters is 1. The number of thiol groups is 1. The van der Waals surface area contributed by atoms with Gasteiger partial charge in [0.05, 0.1) is 12.4 Å². The molecular weight excluding hydrogens is 418 g/mol. The standard InChI is InChI=1S/C22H33N3O5S/c1-14(2)12-16(25-22(29)18(31)10-11-19(26)30-4)21(28)24-17(20(27)23-3)13-15-8-6-5-7-9-15/h5-9,14,16-18,31H,10-13H2,1-4H3,(H,23,27)(H,24,28)(H,25,29)/t16?,17-,18?/m0/s1. The fraction of sp³-hybridized carbons (Fsp3) is 0.545. The summed E-state index contributed by atoms with van der Waals surface area (Å²) < 4.78 is 4.57. The van der Waals surface area contributed by atoms with E-state index in [9.17, 15) is 19.2 Å². The van der Waals surface area contributed by atoms with E-state index in [1.54, 1.807) is 0 Å². The zero-order valence-corrected chi connectivity index (χ0v) is 19.4. The van der Waals surface area contributed by atoms with Gasteiger partial charge in [-0.05, 0) is 24.3 Å². The summed E-state index contributed by atoms with van der Waals surface area (Å²) in [6, 6.07) is 7.74. The molecule has 3 N–H and O–H groups in total. The summed E-state index contributed by atoms with van der Waals surface area (Å²) in [7, 11) is 2.78. The number of carbonyl (C=O) groups excluding carboxylic acids is 4. The fourth-order valence-electron chi connectivity index (χ4n) is 2.96. The summed E-state index contributed by atoms with van der Waals surface area (Å²) in [5.74, 6) is -1.53. The van der Waals surface area contributed by atoms with Crippen LogP contribution in [0.4, 0.5) is 0 Å². The van der Waals surface area contributed by atoms with Crippen LogP contribution >= 0.6 is 12.6 Å². The molecule has 1 aromatic rings. The van der Waals surface area contributed by atoms with E-state index in [0.717, 1.165) is 5.56 Å². The molecule has 0 spiro atoms. The van der Waals surface area contributed by atoms with Crippen molar-refractivity contribution < 1.29 is 23.9 Å². The average Bonchev–Trinajstić information content (AvgIpc) is 2.75. The van der Waals surface area contributed by atoms with Crippen molar-refractivity contribution in [3.05, 3.63) is 35.9 Å². The largest absolute Gasteiger partial charge is 0.469 e. The summed E-state index contributed by atoms with van der Waals surface area (Å²) in [4.78, 5) is 49.1. The number of hydrogen-bond donors (Lipinski definition) is 4. The van der Waals surface area contributed by atoms with Crippen molar-refractivity contribution in [2.75, 3.05) is 14.2 Å². The van der Waals surface area contributed by atoms with Gasteiger partial charge in [-0.25, -0.2) is 0 Å². The maximum atomic E-state index is 13.0. The number of benzene rings is 1. The molecule has 1 rings (SSSR count). The van der Waals surface area contributed by atoms with Gasteiger partial charge in [0, 0.05) is 19.9 Å². The van der Waals surface area contributed by atoms with Gasteiger partial charge < -0.3 is 20.7 Å². The van der Waals surface area contributed by atoms with Gasteiger partial charge in [-0.2, -0.15) is 12.6 Å². The third kappa shape index (κ3) is 9.87. The number of likely N-dealkylation sites (N-methyl/N-ethyl adjacent to an activating group) is 1. The Morgan fingerprint density at radius 3 is 2.13 bits per heavy atom. The molecule has 172 valence electrons. The van der Waals surface area contributed by atoms with Crippen LogP contribution in [0.5, 0.6) is 0 Å². The van der Waals surface area contributed by atoms with E-state index in [0.29, 0.717) is 12.8 Å². The van der Waals surface area contributed by atoms with Gasteiger partial charge in [-0.1, -0.05) is 44.2 Å². The van der Waals surface area contributed by atoms with E-state index in [1.165, 1.54) is 14.2 Å². The fourth-order valence-corrected chi connectivity index (χ4v) is 3.17. The van der Waals surface area contributed by atoms with Crippen molar-refractivity contribution in [3.8, 4) is 0 Å². The minimum Gasteiger partial charge on any atom is -0.469 e. The molecule has 1 aromatic carbocycles. The predicted octanol–water partition coefficient (Wildman–Crippen LogP) is 1.24. The Balaban J connectivity index is 2.85. The Labute approximate surface area is 189 Å². The van der Waals surface area contributed by atoms with E-state index in [1.807, 2.05) is 44.2 Å². The lowest BCUT2D eigenvalue weighted by atomic mass is 10.0. The van der Waals surface area contributed by atoms with Gasteiger partial charge in [-0.15, -0.1) is 0 Å². The van der Waals surface area contributed by atoms with Crippen molar-refractivity contribution in [2.24, 2.45) is 5.92 Å². The van der Waals surface area contributed by atoms with Crippen molar-refractivity contribution in [1.82, 2.24) is 16.0 Å². The normalized spacial score (nSPS) is 13.6. The van der Waals surface area contributed by atoms with Gasteiger partial charge >= 0.3 is 5.97 Å². The highest BCUT2D eigenvalue weighted by Gasteiger charge is 2.28. The molecule has 9 heteroatoms. The molecule has 0 saturated carbocycles. The lowest BCUT2D eigenvalue weighted by molar-refractivity contribution is -0.140. The molecule has 0 aliphatic rings. The Bertz CT molecular complexity index is 742. The molecule has 0 bridgehead atoms. The molecule has 2 unspecified atom stereocenters. The lowest BCUT2D eigenvalue weighted by Gasteiger charge is -2.25. The second-order valence-corrected chi connectivity index (χ2v) is 8.31. The van der Waals surface area contributed by atoms with Crippen molar-refractivity contribution in [1.29, 1.82) is 0 Å². The second-order valence-electron chi connectivity index (χ2n) is 7.69. The third-order valence-electron chi connectivity index (χ3n) is 4.65. The van der Waals surface area contributed by atoms with Crippen LogP contribution in [0.25, 0.3) is 0 Å². The maximum Gasteiger partial charge on any atom is 0.305 e.